The van der Waals surface area contributed by atoms with Crippen molar-refractivity contribution in [2.45, 2.75) is 0 Å². The summed E-state index contributed by atoms with van der Waals surface area (Å²) in [4.78, 5) is 15.5. The molecule has 1 N–H and O–H groups in total. The van der Waals surface area contributed by atoms with E-state index in [-0.39, 0.29) is 5.91 Å². The maximum absolute atomic E-state index is 11.5. The number of nitrogens with zero attached hydrogens (tertiary/aromatic N) is 2. The zero-order valence-corrected chi connectivity index (χ0v) is 8.99. The highest BCUT2D eigenvalue weighted by Gasteiger charge is 2.23. The zero-order chi connectivity index (χ0) is 11.4. The maximum Gasteiger partial charge on any atom is 0.264 e. The van der Waals surface area contributed by atoms with Gasteiger partial charge in [-0.25, -0.2) is 0 Å². The largest absolute Gasteiger partial charge is 0.300 e. The van der Waals surface area contributed by atoms with Crippen LogP contribution in [0.15, 0.2) is 40.2 Å². The molecule has 0 atom stereocenters. The quantitative estimate of drug-likeness (QED) is 0.589. The fraction of sp³-hybridized carbons (Fsp3) is 0. The van der Waals surface area contributed by atoms with E-state index in [2.05, 4.69) is 10.3 Å². The van der Waals surface area contributed by atoms with Crippen molar-refractivity contribution < 1.29 is 4.79 Å². The third-order valence-electron chi connectivity index (χ3n) is 1.90. The van der Waals surface area contributed by atoms with Gasteiger partial charge in [0, 0.05) is 0 Å². The Morgan fingerprint density at radius 1 is 1.38 bits per heavy atom. The highest BCUT2D eigenvalue weighted by molar-refractivity contribution is 8.18. The van der Waals surface area contributed by atoms with E-state index < -0.39 is 0 Å². The van der Waals surface area contributed by atoms with Gasteiger partial charge in [-0.15, -0.1) is 4.99 Å². The summed E-state index contributed by atoms with van der Waals surface area (Å²) in [6, 6.07) is 9.51. The van der Waals surface area contributed by atoms with Crippen LogP contribution in [-0.4, -0.2) is 11.1 Å². The van der Waals surface area contributed by atoms with Crippen LogP contribution in [0.5, 0.6) is 0 Å². The molecule has 0 saturated carbocycles. The number of aliphatic imine (C=N–C) groups is 1. The van der Waals surface area contributed by atoms with Crippen molar-refractivity contribution in [2.75, 3.05) is 0 Å². The van der Waals surface area contributed by atoms with E-state index in [9.17, 15) is 4.79 Å². The van der Waals surface area contributed by atoms with Crippen LogP contribution >= 0.6 is 11.8 Å². The lowest BCUT2D eigenvalue weighted by Gasteiger charge is -1.92. The van der Waals surface area contributed by atoms with Crippen LogP contribution in [0.2, 0.25) is 0 Å². The normalized spacial score (nSPS) is 19.8. The predicted molar refractivity (Wildman–Crippen MR) is 63.2 cm³/mol. The smallest absolute Gasteiger partial charge is 0.264 e. The number of hydrogen-bond donors (Lipinski definition) is 1. The van der Waals surface area contributed by atoms with Crippen LogP contribution in [0, 0.1) is 11.5 Å². The van der Waals surface area contributed by atoms with Gasteiger partial charge in [0.1, 0.15) is 0 Å². The highest BCUT2D eigenvalue weighted by Crippen LogP contribution is 2.25. The molecule has 0 spiro atoms. The molecule has 1 heterocycles. The Kier molecular flexibility index (Phi) is 3.03. The van der Waals surface area contributed by atoms with Crippen molar-refractivity contribution in [2.24, 2.45) is 4.99 Å². The number of rotatable bonds is 1. The molecule has 2 rings (SSSR count). The van der Waals surface area contributed by atoms with Crippen molar-refractivity contribution >= 4 is 28.9 Å². The Labute approximate surface area is 96.7 Å². The number of nitriles is 1. The molecular weight excluding hydrogens is 222 g/mol. The number of hydrogen-bond acceptors (Lipinski definition) is 4. The summed E-state index contributed by atoms with van der Waals surface area (Å²) in [6.07, 6.45) is 3.40. The van der Waals surface area contributed by atoms with Gasteiger partial charge in [0.05, 0.1) is 4.91 Å². The number of amidine groups is 1. The van der Waals surface area contributed by atoms with Gasteiger partial charge in [-0.05, 0) is 23.4 Å². The second-order valence-electron chi connectivity index (χ2n) is 2.99. The Bertz CT molecular complexity index is 514. The first kappa shape index (κ1) is 10.5. The van der Waals surface area contributed by atoms with E-state index in [1.54, 1.807) is 12.3 Å². The van der Waals surface area contributed by atoms with Crippen LogP contribution in [0.4, 0.5) is 0 Å². The van der Waals surface area contributed by atoms with Gasteiger partial charge < -0.3 is 0 Å². The minimum atomic E-state index is -0.220. The second-order valence-corrected chi connectivity index (χ2v) is 4.02. The lowest BCUT2D eigenvalue weighted by atomic mass is 10.2. The number of amides is 1. The van der Waals surface area contributed by atoms with Gasteiger partial charge in [-0.3, -0.25) is 10.1 Å². The van der Waals surface area contributed by atoms with Crippen molar-refractivity contribution in [3.8, 4) is 6.19 Å². The summed E-state index contributed by atoms with van der Waals surface area (Å²) in [5.41, 5.74) is 0.943. The first-order valence-electron chi connectivity index (χ1n) is 4.52. The summed E-state index contributed by atoms with van der Waals surface area (Å²) in [7, 11) is 0. The molecule has 1 amide bonds. The van der Waals surface area contributed by atoms with Gasteiger partial charge >= 0.3 is 0 Å². The van der Waals surface area contributed by atoms with Crippen LogP contribution < -0.4 is 5.32 Å². The molecule has 4 nitrogen and oxygen atoms in total. The van der Waals surface area contributed by atoms with Gasteiger partial charge in [-0.2, -0.15) is 5.26 Å². The second kappa shape index (κ2) is 4.64. The van der Waals surface area contributed by atoms with Gasteiger partial charge in [0.25, 0.3) is 5.91 Å². The summed E-state index contributed by atoms with van der Waals surface area (Å²) < 4.78 is 0. The molecule has 0 unspecified atom stereocenters. The minimum absolute atomic E-state index is 0.220. The van der Waals surface area contributed by atoms with E-state index in [1.165, 1.54) is 11.8 Å². The molecule has 1 saturated heterocycles. The lowest BCUT2D eigenvalue weighted by Crippen LogP contribution is -2.19. The molecule has 0 radical (unpaired) electrons. The molecule has 0 aromatic heterocycles. The maximum atomic E-state index is 11.5. The Morgan fingerprint density at radius 2 is 2.12 bits per heavy atom. The molecule has 1 fully saturated rings. The SMILES string of the molecule is N#CN=C1NC(=O)C(=Cc2ccccc2)S1. The summed E-state index contributed by atoms with van der Waals surface area (Å²) in [5.74, 6) is -0.220. The number of carbonyl (C=O) groups excluding carboxylic acids is 1. The van der Waals surface area contributed by atoms with Crippen LogP contribution in [0.25, 0.3) is 6.08 Å². The minimum Gasteiger partial charge on any atom is -0.300 e. The molecule has 0 bridgehead atoms. The van der Waals surface area contributed by atoms with E-state index >= 15 is 0 Å². The number of thioether (sulfide) groups is 1. The standard InChI is InChI=1S/C11H7N3OS/c12-7-13-11-14-10(15)9(16-11)6-8-4-2-1-3-5-8/h1-6H,(H,13,14,15). The van der Waals surface area contributed by atoms with Gasteiger partial charge in [0.2, 0.25) is 6.19 Å². The first-order valence-corrected chi connectivity index (χ1v) is 5.34. The zero-order valence-electron chi connectivity index (χ0n) is 8.18. The van der Waals surface area contributed by atoms with E-state index in [1.807, 2.05) is 30.3 Å². The molecule has 1 aromatic carbocycles. The van der Waals surface area contributed by atoms with E-state index in [0.717, 1.165) is 5.56 Å². The predicted octanol–water partition coefficient (Wildman–Crippen LogP) is 1.73. The average molecular weight is 229 g/mol. The summed E-state index contributed by atoms with van der Waals surface area (Å²) >= 11 is 1.17. The third kappa shape index (κ3) is 2.30. The van der Waals surface area contributed by atoms with E-state index in [0.29, 0.717) is 10.1 Å². The molecular formula is C11H7N3OS. The molecule has 0 aliphatic carbocycles. The van der Waals surface area contributed by atoms with Crippen LogP contribution in [0.3, 0.4) is 0 Å². The van der Waals surface area contributed by atoms with Gasteiger partial charge in [-0.1, -0.05) is 30.3 Å². The Balaban J connectivity index is 2.25. The molecule has 5 heteroatoms. The average Bonchev–Trinajstić information content (AvgIpc) is 2.61. The Morgan fingerprint density at radius 3 is 2.81 bits per heavy atom. The van der Waals surface area contributed by atoms with Crippen molar-refractivity contribution in [1.29, 1.82) is 5.26 Å². The topological polar surface area (TPSA) is 65.2 Å². The molecule has 1 aromatic rings. The molecule has 16 heavy (non-hydrogen) atoms. The van der Waals surface area contributed by atoms with Crippen LogP contribution in [0.1, 0.15) is 5.56 Å². The highest BCUT2D eigenvalue weighted by atomic mass is 32.2. The summed E-state index contributed by atoms with van der Waals surface area (Å²) in [5, 5.41) is 11.2. The molecule has 1 aliphatic rings. The van der Waals surface area contributed by atoms with Crippen molar-refractivity contribution in [1.82, 2.24) is 5.32 Å². The van der Waals surface area contributed by atoms with Gasteiger partial charge in [0.15, 0.2) is 5.17 Å². The van der Waals surface area contributed by atoms with E-state index in [4.69, 9.17) is 5.26 Å². The molecule has 1 aliphatic heterocycles. The fourth-order valence-electron chi connectivity index (χ4n) is 1.23. The third-order valence-corrected chi connectivity index (χ3v) is 2.81. The fourth-order valence-corrected chi connectivity index (χ4v) is 2.00. The molecule has 78 valence electrons. The number of benzene rings is 1. The van der Waals surface area contributed by atoms with Crippen LogP contribution in [-0.2, 0) is 4.79 Å². The Hall–Kier alpha value is -2.06. The number of carbonyl (C=O) groups is 1. The van der Waals surface area contributed by atoms with Crippen molar-refractivity contribution in [3.05, 3.63) is 40.8 Å². The summed E-state index contributed by atoms with van der Waals surface area (Å²) in [6.45, 7) is 0. The van der Waals surface area contributed by atoms with Crippen molar-refractivity contribution in [3.63, 3.8) is 0 Å². The monoisotopic (exact) mass is 229 g/mol. The lowest BCUT2D eigenvalue weighted by molar-refractivity contribution is -0.115. The first-order chi connectivity index (χ1) is 7.79. The number of nitrogens with one attached hydrogen (secondary N) is 1.